The summed E-state index contributed by atoms with van der Waals surface area (Å²) < 4.78 is 5.40. The number of nitrogens with zero attached hydrogens (tertiary/aromatic N) is 2. The fourth-order valence-electron chi connectivity index (χ4n) is 2.43. The normalized spacial score (nSPS) is 19.4. The monoisotopic (exact) mass is 283 g/mol. The standard InChI is InChI=1S/C14H22ClN3O/c1-14(2,18-5-7-19-8-6-18)13(16)9-11-3-4-17-10-12(11)15/h3-4,10,13H,5-9,16H2,1-2H3. The molecular weight excluding hydrogens is 262 g/mol. The zero-order valence-corrected chi connectivity index (χ0v) is 12.4. The Hall–Kier alpha value is -0.680. The van der Waals surface area contributed by atoms with Gasteiger partial charge in [-0.25, -0.2) is 0 Å². The van der Waals surface area contributed by atoms with E-state index in [1.165, 1.54) is 0 Å². The van der Waals surface area contributed by atoms with E-state index in [1.807, 2.05) is 6.07 Å². The lowest BCUT2D eigenvalue weighted by Crippen LogP contribution is -2.59. The second-order valence-corrected chi connectivity index (χ2v) is 5.94. The van der Waals surface area contributed by atoms with Gasteiger partial charge in [0.15, 0.2) is 0 Å². The molecule has 0 bridgehead atoms. The van der Waals surface area contributed by atoms with Gasteiger partial charge in [-0.05, 0) is 31.9 Å². The van der Waals surface area contributed by atoms with E-state index in [0.717, 1.165) is 38.3 Å². The summed E-state index contributed by atoms with van der Waals surface area (Å²) in [6.45, 7) is 7.82. The van der Waals surface area contributed by atoms with Gasteiger partial charge in [0.1, 0.15) is 0 Å². The molecule has 1 aliphatic rings. The molecule has 2 N–H and O–H groups in total. The van der Waals surface area contributed by atoms with Crippen molar-refractivity contribution in [2.75, 3.05) is 26.3 Å². The molecule has 0 amide bonds. The number of halogens is 1. The van der Waals surface area contributed by atoms with Crippen molar-refractivity contribution in [2.24, 2.45) is 5.73 Å². The molecule has 106 valence electrons. The van der Waals surface area contributed by atoms with Crippen molar-refractivity contribution < 1.29 is 4.74 Å². The zero-order chi connectivity index (χ0) is 13.9. The van der Waals surface area contributed by atoms with Crippen LogP contribution in [0.1, 0.15) is 19.4 Å². The highest BCUT2D eigenvalue weighted by Gasteiger charge is 2.34. The van der Waals surface area contributed by atoms with E-state index < -0.39 is 0 Å². The van der Waals surface area contributed by atoms with Gasteiger partial charge in [0.25, 0.3) is 0 Å². The number of pyridine rings is 1. The molecule has 5 heteroatoms. The Bertz CT molecular complexity index is 419. The molecule has 0 spiro atoms. The molecule has 19 heavy (non-hydrogen) atoms. The van der Waals surface area contributed by atoms with Crippen LogP contribution in [0.5, 0.6) is 0 Å². The molecule has 0 aliphatic carbocycles. The van der Waals surface area contributed by atoms with Crippen molar-refractivity contribution in [3.63, 3.8) is 0 Å². The molecule has 1 aromatic rings. The van der Waals surface area contributed by atoms with Gasteiger partial charge in [0.05, 0.1) is 18.2 Å². The third-order valence-corrected chi connectivity index (χ3v) is 4.37. The van der Waals surface area contributed by atoms with Gasteiger partial charge in [-0.2, -0.15) is 0 Å². The molecule has 1 saturated heterocycles. The number of hydrogen-bond donors (Lipinski definition) is 1. The maximum absolute atomic E-state index is 6.42. The first kappa shape index (κ1) is 14.7. The van der Waals surface area contributed by atoms with Crippen molar-refractivity contribution in [1.29, 1.82) is 0 Å². The minimum absolute atomic E-state index is 0.0190. The third-order valence-electron chi connectivity index (χ3n) is 4.03. The smallest absolute Gasteiger partial charge is 0.0621 e. The van der Waals surface area contributed by atoms with Gasteiger partial charge >= 0.3 is 0 Å². The van der Waals surface area contributed by atoms with Crippen LogP contribution in [0.15, 0.2) is 18.5 Å². The number of nitrogens with two attached hydrogens (primary N) is 1. The first-order valence-corrected chi connectivity index (χ1v) is 7.06. The fourth-order valence-corrected chi connectivity index (χ4v) is 2.63. The highest BCUT2D eigenvalue weighted by atomic mass is 35.5. The Balaban J connectivity index is 2.05. The summed E-state index contributed by atoms with van der Waals surface area (Å²) in [5.74, 6) is 0. The number of rotatable bonds is 4. The number of morpholine rings is 1. The fraction of sp³-hybridized carbons (Fsp3) is 0.643. The summed E-state index contributed by atoms with van der Waals surface area (Å²) >= 11 is 6.15. The average Bonchev–Trinajstić information content (AvgIpc) is 2.42. The molecule has 0 radical (unpaired) electrons. The van der Waals surface area contributed by atoms with E-state index in [4.69, 9.17) is 22.1 Å². The van der Waals surface area contributed by atoms with Crippen LogP contribution in [-0.4, -0.2) is 47.8 Å². The average molecular weight is 284 g/mol. The van der Waals surface area contributed by atoms with E-state index >= 15 is 0 Å². The Labute approximate surface area is 119 Å². The number of ether oxygens (including phenoxy) is 1. The predicted molar refractivity (Wildman–Crippen MR) is 77.4 cm³/mol. The van der Waals surface area contributed by atoms with Gasteiger partial charge in [0, 0.05) is 37.1 Å². The molecule has 1 fully saturated rings. The van der Waals surface area contributed by atoms with Crippen LogP contribution in [0.25, 0.3) is 0 Å². The Morgan fingerprint density at radius 2 is 2.16 bits per heavy atom. The van der Waals surface area contributed by atoms with Gasteiger partial charge in [-0.3, -0.25) is 9.88 Å². The SMILES string of the molecule is CC(C)(C(N)Cc1ccncc1Cl)N1CCOCC1. The minimum atomic E-state index is -0.0730. The van der Waals surface area contributed by atoms with Crippen LogP contribution in [0, 0.1) is 0 Å². The van der Waals surface area contributed by atoms with Crippen LogP contribution in [-0.2, 0) is 11.2 Å². The second kappa shape index (κ2) is 6.18. The number of hydrogen-bond acceptors (Lipinski definition) is 4. The summed E-state index contributed by atoms with van der Waals surface area (Å²) in [7, 11) is 0. The van der Waals surface area contributed by atoms with Gasteiger partial charge in [-0.15, -0.1) is 0 Å². The van der Waals surface area contributed by atoms with Crippen LogP contribution >= 0.6 is 11.6 Å². The van der Waals surface area contributed by atoms with E-state index in [2.05, 4.69) is 23.7 Å². The topological polar surface area (TPSA) is 51.4 Å². The summed E-state index contributed by atoms with van der Waals surface area (Å²) in [6.07, 6.45) is 4.19. The summed E-state index contributed by atoms with van der Waals surface area (Å²) in [4.78, 5) is 6.40. The van der Waals surface area contributed by atoms with Crippen LogP contribution in [0.4, 0.5) is 0 Å². The molecule has 2 heterocycles. The molecule has 1 aliphatic heterocycles. The van der Waals surface area contributed by atoms with Crippen molar-refractivity contribution in [3.05, 3.63) is 29.0 Å². The third kappa shape index (κ3) is 3.45. The van der Waals surface area contributed by atoms with Gasteiger partial charge < -0.3 is 10.5 Å². The van der Waals surface area contributed by atoms with Crippen LogP contribution in [0.2, 0.25) is 5.02 Å². The molecular formula is C14H22ClN3O. The highest BCUT2D eigenvalue weighted by Crippen LogP contribution is 2.24. The van der Waals surface area contributed by atoms with E-state index in [-0.39, 0.29) is 11.6 Å². The quantitative estimate of drug-likeness (QED) is 0.914. The van der Waals surface area contributed by atoms with Crippen molar-refractivity contribution in [3.8, 4) is 0 Å². The van der Waals surface area contributed by atoms with Crippen molar-refractivity contribution in [2.45, 2.75) is 31.8 Å². The second-order valence-electron chi connectivity index (χ2n) is 5.53. The maximum Gasteiger partial charge on any atom is 0.0621 e. The van der Waals surface area contributed by atoms with Gasteiger partial charge in [-0.1, -0.05) is 11.6 Å². The van der Waals surface area contributed by atoms with Crippen molar-refractivity contribution in [1.82, 2.24) is 9.88 Å². The Morgan fingerprint density at radius 1 is 1.47 bits per heavy atom. The molecule has 1 unspecified atom stereocenters. The highest BCUT2D eigenvalue weighted by molar-refractivity contribution is 6.31. The molecule has 2 rings (SSSR count). The molecule has 4 nitrogen and oxygen atoms in total. The molecule has 0 aromatic carbocycles. The van der Waals surface area contributed by atoms with E-state index in [9.17, 15) is 0 Å². The zero-order valence-electron chi connectivity index (χ0n) is 11.6. The first-order chi connectivity index (χ1) is 9.01. The summed E-state index contributed by atoms with van der Waals surface area (Å²) in [5.41, 5.74) is 7.41. The maximum atomic E-state index is 6.42. The molecule has 1 atom stereocenters. The predicted octanol–water partition coefficient (Wildman–Crippen LogP) is 1.72. The Morgan fingerprint density at radius 3 is 2.79 bits per heavy atom. The lowest BCUT2D eigenvalue weighted by atomic mass is 9.88. The first-order valence-electron chi connectivity index (χ1n) is 6.68. The summed E-state index contributed by atoms with van der Waals surface area (Å²) in [6, 6.07) is 1.96. The summed E-state index contributed by atoms with van der Waals surface area (Å²) in [5, 5.41) is 0.690. The van der Waals surface area contributed by atoms with Crippen molar-refractivity contribution >= 4 is 11.6 Å². The van der Waals surface area contributed by atoms with E-state index in [1.54, 1.807) is 12.4 Å². The lowest BCUT2D eigenvalue weighted by Gasteiger charge is -2.44. The Kier molecular flexibility index (Phi) is 4.79. The van der Waals surface area contributed by atoms with Gasteiger partial charge in [0.2, 0.25) is 0 Å². The molecule has 1 aromatic heterocycles. The van der Waals surface area contributed by atoms with Crippen LogP contribution < -0.4 is 5.73 Å². The minimum Gasteiger partial charge on any atom is -0.379 e. The lowest BCUT2D eigenvalue weighted by molar-refractivity contribution is -0.0186. The molecule has 0 saturated carbocycles. The van der Waals surface area contributed by atoms with Crippen LogP contribution in [0.3, 0.4) is 0 Å². The number of aromatic nitrogens is 1. The largest absolute Gasteiger partial charge is 0.379 e. The van der Waals surface area contributed by atoms with E-state index in [0.29, 0.717) is 5.02 Å².